The van der Waals surface area contributed by atoms with Crippen LogP contribution >= 0.6 is 35.0 Å². The highest BCUT2D eigenvalue weighted by molar-refractivity contribution is 8.00. The molecule has 0 atom stereocenters. The highest BCUT2D eigenvalue weighted by atomic mass is 35.5. The Morgan fingerprint density at radius 1 is 1.23 bits per heavy atom. The number of benzene rings is 2. The molecular weight excluding hydrogens is 395 g/mol. The van der Waals surface area contributed by atoms with Crippen LogP contribution in [0.4, 0.5) is 5.69 Å². The Labute approximate surface area is 166 Å². The Balaban J connectivity index is 2.07. The molecule has 0 aliphatic heterocycles. The van der Waals surface area contributed by atoms with Gasteiger partial charge in [0.25, 0.3) is 5.69 Å². The molecule has 0 fully saturated rings. The first-order chi connectivity index (χ1) is 12.2. The molecule has 0 spiro atoms. The zero-order chi connectivity index (χ0) is 19.3. The van der Waals surface area contributed by atoms with Crippen LogP contribution in [0.2, 0.25) is 10.0 Å². The first-order valence-corrected chi connectivity index (χ1v) is 9.30. The zero-order valence-electron chi connectivity index (χ0n) is 14.5. The highest BCUT2D eigenvalue weighted by Gasteiger charge is 2.20. The van der Waals surface area contributed by atoms with Gasteiger partial charge in [0.2, 0.25) is 0 Å². The normalized spacial score (nSPS) is 11.7. The van der Waals surface area contributed by atoms with E-state index in [0.717, 1.165) is 5.56 Å². The lowest BCUT2D eigenvalue weighted by molar-refractivity contribution is -0.387. The van der Waals surface area contributed by atoms with Crippen LogP contribution in [0, 0.1) is 10.1 Å². The maximum atomic E-state index is 11.3. The molecule has 0 amide bonds. The van der Waals surface area contributed by atoms with Gasteiger partial charge in [-0.2, -0.15) is 0 Å². The van der Waals surface area contributed by atoms with Crippen molar-refractivity contribution < 1.29 is 9.76 Å². The van der Waals surface area contributed by atoms with Crippen LogP contribution in [0.25, 0.3) is 0 Å². The Bertz CT molecular complexity index is 836. The number of nitro benzene ring substituents is 1. The quantitative estimate of drug-likeness (QED) is 0.240. The van der Waals surface area contributed by atoms with Gasteiger partial charge in [-0.05, 0) is 18.2 Å². The van der Waals surface area contributed by atoms with Gasteiger partial charge in [0.1, 0.15) is 6.61 Å². The molecule has 0 aliphatic rings. The third kappa shape index (κ3) is 6.20. The van der Waals surface area contributed by atoms with Crippen LogP contribution in [0.3, 0.4) is 0 Å². The van der Waals surface area contributed by atoms with Gasteiger partial charge in [-0.25, -0.2) is 0 Å². The number of halogens is 2. The van der Waals surface area contributed by atoms with E-state index in [9.17, 15) is 10.1 Å². The SMILES string of the molecule is CC(C)(C)Sc1ccc(C=NOCc2ccc(Cl)cc2Cl)cc1[N+](=O)[O-]. The lowest BCUT2D eigenvalue weighted by Crippen LogP contribution is -2.07. The fourth-order valence-electron chi connectivity index (χ4n) is 2.02. The van der Waals surface area contributed by atoms with E-state index in [1.54, 1.807) is 30.3 Å². The molecule has 2 rings (SSSR count). The first-order valence-electron chi connectivity index (χ1n) is 7.72. The molecule has 138 valence electrons. The zero-order valence-corrected chi connectivity index (χ0v) is 16.9. The summed E-state index contributed by atoms with van der Waals surface area (Å²) in [5.74, 6) is 0. The number of rotatable bonds is 6. The van der Waals surface area contributed by atoms with Crippen molar-refractivity contribution in [1.29, 1.82) is 0 Å². The molecule has 2 aromatic carbocycles. The van der Waals surface area contributed by atoms with Crippen LogP contribution in [-0.2, 0) is 11.4 Å². The van der Waals surface area contributed by atoms with E-state index in [1.807, 2.05) is 20.8 Å². The van der Waals surface area contributed by atoms with Gasteiger partial charge in [0.15, 0.2) is 0 Å². The van der Waals surface area contributed by atoms with E-state index in [-0.39, 0.29) is 22.0 Å². The number of hydrogen-bond donors (Lipinski definition) is 0. The smallest absolute Gasteiger partial charge is 0.283 e. The van der Waals surface area contributed by atoms with Crippen molar-refractivity contribution >= 4 is 46.9 Å². The second kappa shape index (κ2) is 8.75. The lowest BCUT2D eigenvalue weighted by Gasteiger charge is -2.17. The van der Waals surface area contributed by atoms with Crippen LogP contribution in [0.5, 0.6) is 0 Å². The molecule has 2 aromatic rings. The van der Waals surface area contributed by atoms with Gasteiger partial charge < -0.3 is 4.84 Å². The molecule has 0 heterocycles. The van der Waals surface area contributed by atoms with E-state index in [0.29, 0.717) is 20.5 Å². The minimum atomic E-state index is -0.389. The number of hydrogen-bond acceptors (Lipinski definition) is 5. The second-order valence-electron chi connectivity index (χ2n) is 6.44. The predicted octanol–water partition coefficient (Wildman–Crippen LogP) is 6.34. The Hall–Kier alpha value is -1.76. The number of oxime groups is 1. The minimum Gasteiger partial charge on any atom is -0.391 e. The summed E-state index contributed by atoms with van der Waals surface area (Å²) in [4.78, 5) is 16.8. The Kier molecular flexibility index (Phi) is 6.92. The van der Waals surface area contributed by atoms with E-state index >= 15 is 0 Å². The third-order valence-electron chi connectivity index (χ3n) is 3.11. The maximum Gasteiger partial charge on any atom is 0.283 e. The van der Waals surface area contributed by atoms with Crippen LogP contribution in [0.1, 0.15) is 31.9 Å². The molecule has 0 saturated heterocycles. The van der Waals surface area contributed by atoms with Crippen molar-refractivity contribution in [3.63, 3.8) is 0 Å². The summed E-state index contributed by atoms with van der Waals surface area (Å²) in [6.07, 6.45) is 1.43. The van der Waals surface area contributed by atoms with E-state index in [1.165, 1.54) is 24.0 Å². The maximum absolute atomic E-state index is 11.3. The van der Waals surface area contributed by atoms with Crippen LogP contribution in [-0.4, -0.2) is 15.9 Å². The topological polar surface area (TPSA) is 64.7 Å². The van der Waals surface area contributed by atoms with Gasteiger partial charge in [-0.15, -0.1) is 11.8 Å². The average molecular weight is 413 g/mol. The molecule has 0 N–H and O–H groups in total. The number of nitrogens with zero attached hydrogens (tertiary/aromatic N) is 2. The standard InChI is InChI=1S/C18H18Cl2N2O3S/c1-18(2,3)26-17-7-4-12(8-16(17)22(23)24)10-21-25-11-13-5-6-14(19)9-15(13)20/h4-10H,11H2,1-3H3. The van der Waals surface area contributed by atoms with Gasteiger partial charge >= 0.3 is 0 Å². The van der Waals surface area contributed by atoms with Gasteiger partial charge in [-0.3, -0.25) is 10.1 Å². The van der Waals surface area contributed by atoms with Gasteiger partial charge in [0.05, 0.1) is 16.0 Å². The Morgan fingerprint density at radius 3 is 2.58 bits per heavy atom. The molecule has 5 nitrogen and oxygen atoms in total. The molecule has 8 heteroatoms. The van der Waals surface area contributed by atoms with E-state index in [2.05, 4.69) is 5.16 Å². The molecule has 26 heavy (non-hydrogen) atoms. The van der Waals surface area contributed by atoms with Crippen molar-refractivity contribution in [2.75, 3.05) is 0 Å². The summed E-state index contributed by atoms with van der Waals surface area (Å²) < 4.78 is -0.124. The first kappa shape index (κ1) is 20.6. The minimum absolute atomic E-state index is 0.0506. The Morgan fingerprint density at radius 2 is 1.96 bits per heavy atom. The van der Waals surface area contributed by atoms with Crippen molar-refractivity contribution in [2.24, 2.45) is 5.16 Å². The lowest BCUT2D eigenvalue weighted by atomic mass is 10.2. The second-order valence-corrected chi connectivity index (χ2v) is 9.15. The van der Waals surface area contributed by atoms with Crippen LogP contribution < -0.4 is 0 Å². The number of thioether (sulfide) groups is 1. The highest BCUT2D eigenvalue weighted by Crippen LogP contribution is 2.37. The van der Waals surface area contributed by atoms with Gasteiger partial charge in [0, 0.05) is 32.0 Å². The summed E-state index contributed by atoms with van der Waals surface area (Å²) >= 11 is 13.3. The molecule has 0 unspecified atom stereocenters. The van der Waals surface area contributed by atoms with Crippen molar-refractivity contribution in [3.05, 3.63) is 67.7 Å². The van der Waals surface area contributed by atoms with Crippen molar-refractivity contribution in [1.82, 2.24) is 0 Å². The van der Waals surface area contributed by atoms with Crippen molar-refractivity contribution in [3.8, 4) is 0 Å². The van der Waals surface area contributed by atoms with E-state index < -0.39 is 0 Å². The predicted molar refractivity (Wildman–Crippen MR) is 108 cm³/mol. The molecular formula is C18H18Cl2N2O3S. The molecule has 0 radical (unpaired) electrons. The molecule has 0 saturated carbocycles. The summed E-state index contributed by atoms with van der Waals surface area (Å²) in [5.41, 5.74) is 1.38. The largest absolute Gasteiger partial charge is 0.391 e. The summed E-state index contributed by atoms with van der Waals surface area (Å²) in [6, 6.07) is 10.1. The average Bonchev–Trinajstić information content (AvgIpc) is 2.52. The van der Waals surface area contributed by atoms with E-state index in [4.69, 9.17) is 28.0 Å². The summed E-state index contributed by atoms with van der Waals surface area (Å²) in [7, 11) is 0. The molecule has 0 aliphatic carbocycles. The van der Waals surface area contributed by atoms with Crippen LogP contribution in [0.15, 0.2) is 46.4 Å². The van der Waals surface area contributed by atoms with Gasteiger partial charge in [-0.1, -0.05) is 61.3 Å². The third-order valence-corrected chi connectivity index (χ3v) is 4.87. The molecule has 0 bridgehead atoms. The van der Waals surface area contributed by atoms with Crippen molar-refractivity contribution in [2.45, 2.75) is 37.0 Å². The molecule has 0 aromatic heterocycles. The summed E-state index contributed by atoms with van der Waals surface area (Å²) in [5, 5.41) is 16.2. The fourth-order valence-corrected chi connectivity index (χ4v) is 3.51. The summed E-state index contributed by atoms with van der Waals surface area (Å²) in [6.45, 7) is 6.19. The number of nitro groups is 1. The fraction of sp³-hybridized carbons (Fsp3) is 0.278. The monoisotopic (exact) mass is 412 g/mol.